The fourth-order valence-corrected chi connectivity index (χ4v) is 12.4. The number of quaternary nitrogens is 1. The Kier molecular flexibility index (Phi) is 14.5. The predicted molar refractivity (Wildman–Crippen MR) is 277 cm³/mol. The van der Waals surface area contributed by atoms with Gasteiger partial charge in [0.05, 0.1) is 44.5 Å². The van der Waals surface area contributed by atoms with E-state index in [9.17, 15) is 22.8 Å². The number of rotatable bonds is 17. The van der Waals surface area contributed by atoms with Gasteiger partial charge in [-0.2, -0.15) is 4.58 Å². The zero-order chi connectivity index (χ0) is 49.3. The van der Waals surface area contributed by atoms with E-state index >= 15 is 0 Å². The third-order valence-corrected chi connectivity index (χ3v) is 16.6. The van der Waals surface area contributed by atoms with Crippen molar-refractivity contribution < 1.29 is 36.7 Å². The highest BCUT2D eigenvalue weighted by molar-refractivity contribution is 8.03. The van der Waals surface area contributed by atoms with Crippen LogP contribution >= 0.6 is 11.8 Å². The third kappa shape index (κ3) is 10.6. The maximum absolute atomic E-state index is 13.5. The number of amides is 2. The van der Waals surface area contributed by atoms with Crippen LogP contribution in [0.25, 0.3) is 10.8 Å². The number of anilines is 1. The molecule has 3 heterocycles. The lowest BCUT2D eigenvalue weighted by molar-refractivity contribution is -0.869. The number of allylic oxidation sites excluding steroid dienone is 7. The summed E-state index contributed by atoms with van der Waals surface area (Å²) in [6.45, 7) is 10.8. The minimum atomic E-state index is -3.69. The molecule has 0 spiro atoms. The highest BCUT2D eigenvalue weighted by Gasteiger charge is 2.44. The second-order valence-corrected chi connectivity index (χ2v) is 23.5. The van der Waals surface area contributed by atoms with Gasteiger partial charge in [0.15, 0.2) is 5.71 Å². The zero-order valence-electron chi connectivity index (χ0n) is 41.4. The summed E-state index contributed by atoms with van der Waals surface area (Å²) in [5.74, 6) is -1.50. The number of hydrogen-bond donors (Lipinski definition) is 1. The molecule has 0 unspecified atom stereocenters. The maximum atomic E-state index is 13.5. The smallest absolute Gasteiger partial charge is 0.333 e. The molecule has 362 valence electrons. The summed E-state index contributed by atoms with van der Waals surface area (Å²) in [4.78, 5) is 46.9. The van der Waals surface area contributed by atoms with Crippen LogP contribution in [0, 0.1) is 0 Å². The number of hydroxylamine groups is 2. The number of carbonyl (C=O) groups excluding carboxylic acids is 3. The lowest BCUT2D eigenvalue weighted by Gasteiger charge is -2.28. The van der Waals surface area contributed by atoms with E-state index in [1.807, 2.05) is 51.1 Å². The molecule has 1 fully saturated rings. The van der Waals surface area contributed by atoms with Crippen molar-refractivity contribution >= 4 is 67.4 Å². The van der Waals surface area contributed by atoms with Gasteiger partial charge in [0, 0.05) is 70.1 Å². The van der Waals surface area contributed by atoms with E-state index in [0.29, 0.717) is 29.1 Å². The first-order chi connectivity index (χ1) is 32.8. The SMILES string of the molecule is C[N+]1=C(/C=C/C2=C(Sc3ccccc3)C(=C/C=C3/N(CCCCCC(=O)ON4C(=O)CCC4=O)c4ccc5ccccc5c4C3(C)C)/CCC2)C(C)(C)c2cc(S(=O)(=O)NCC[N+](C)(C)C)ccc21. The summed E-state index contributed by atoms with van der Waals surface area (Å²) in [6, 6.07) is 29.1. The predicted octanol–water partition coefficient (Wildman–Crippen LogP) is 10.4. The van der Waals surface area contributed by atoms with Crippen molar-refractivity contribution in [3.63, 3.8) is 0 Å². The highest BCUT2D eigenvalue weighted by Crippen LogP contribution is 2.51. The van der Waals surface area contributed by atoms with Crippen LogP contribution < -0.4 is 9.62 Å². The molecule has 0 radical (unpaired) electrons. The lowest BCUT2D eigenvalue weighted by atomic mass is 9.80. The topological polar surface area (TPSA) is 116 Å². The molecule has 0 atom stereocenters. The Morgan fingerprint density at radius 1 is 0.841 bits per heavy atom. The zero-order valence-corrected chi connectivity index (χ0v) is 43.1. The van der Waals surface area contributed by atoms with Crippen molar-refractivity contribution in [2.24, 2.45) is 0 Å². The van der Waals surface area contributed by atoms with Gasteiger partial charge in [0.2, 0.25) is 15.7 Å². The van der Waals surface area contributed by atoms with E-state index in [2.05, 4.69) is 134 Å². The van der Waals surface area contributed by atoms with Crippen LogP contribution in [0.4, 0.5) is 11.4 Å². The van der Waals surface area contributed by atoms with Crippen LogP contribution in [-0.2, 0) is 40.1 Å². The van der Waals surface area contributed by atoms with Gasteiger partial charge < -0.3 is 14.2 Å². The number of unbranched alkanes of at least 4 members (excludes halogenated alkanes) is 2. The standard InChI is InChI=1S/C56H67N5O6S2/c1-55(2)45-38-43(69(65,66)57-35-37-61(6,7)8)28-30-46(45)58(5)48(55)31-26-40-19-17-20-41(54(40)68-42-21-11-9-12-22-42)27-32-49-56(3,4)53-44-23-15-14-18-39(44)25-29-47(53)59(49)36-16-10-13-24-52(64)67-60-50(62)33-34-51(60)63/h9,11-12,14-15,18,21-23,25-32,38,57H,10,13,16-17,19-20,24,33-37H2,1-8H3/q+2. The summed E-state index contributed by atoms with van der Waals surface area (Å²) in [7, 11) is 4.52. The number of sulfonamides is 1. The Labute approximate surface area is 412 Å². The van der Waals surface area contributed by atoms with E-state index < -0.39 is 33.2 Å². The Morgan fingerprint density at radius 2 is 1.57 bits per heavy atom. The molecule has 69 heavy (non-hydrogen) atoms. The Balaban J connectivity index is 1.09. The first-order valence-electron chi connectivity index (χ1n) is 24.2. The number of nitrogens with one attached hydrogen (secondary N) is 1. The van der Waals surface area contributed by atoms with Crippen LogP contribution in [0.5, 0.6) is 0 Å². The molecule has 13 heteroatoms. The molecule has 1 aliphatic carbocycles. The molecule has 4 aromatic carbocycles. The van der Waals surface area contributed by atoms with E-state index in [0.717, 1.165) is 55.6 Å². The van der Waals surface area contributed by atoms with Crippen LogP contribution in [0.2, 0.25) is 0 Å². The molecule has 0 saturated carbocycles. The van der Waals surface area contributed by atoms with Crippen LogP contribution in [-0.4, -0.2) is 93.9 Å². The summed E-state index contributed by atoms with van der Waals surface area (Å²) in [5.41, 5.74) is 8.58. The normalized spacial score (nSPS) is 19.2. The van der Waals surface area contributed by atoms with E-state index in [4.69, 9.17) is 4.84 Å². The number of benzene rings is 4. The van der Waals surface area contributed by atoms with Gasteiger partial charge in [-0.15, -0.1) is 5.06 Å². The highest BCUT2D eigenvalue weighted by atomic mass is 32.2. The number of fused-ring (bicyclic) bond motifs is 4. The molecule has 4 aromatic rings. The minimum absolute atomic E-state index is 0.0742. The van der Waals surface area contributed by atoms with E-state index in [-0.39, 0.29) is 29.6 Å². The molecular weight excluding hydrogens is 903 g/mol. The molecule has 8 rings (SSSR count). The molecule has 4 aliphatic rings. The molecule has 3 aliphatic heterocycles. The van der Waals surface area contributed by atoms with Gasteiger partial charge in [-0.3, -0.25) is 9.59 Å². The average molecular weight is 970 g/mol. The monoisotopic (exact) mass is 969 g/mol. The van der Waals surface area contributed by atoms with Crippen LogP contribution in [0.3, 0.4) is 0 Å². The van der Waals surface area contributed by atoms with E-state index in [1.165, 1.54) is 48.7 Å². The fourth-order valence-electron chi connectivity index (χ4n) is 10.2. The molecule has 2 amide bonds. The fraction of sp³-hybridized carbons (Fsp3) is 0.393. The van der Waals surface area contributed by atoms with Gasteiger partial charge in [-0.25, -0.2) is 17.9 Å². The number of nitrogens with zero attached hydrogens (tertiary/aromatic N) is 4. The molecule has 1 N–H and O–H groups in total. The summed E-state index contributed by atoms with van der Waals surface area (Å²) >= 11 is 1.81. The maximum Gasteiger partial charge on any atom is 0.333 e. The van der Waals surface area contributed by atoms with Crippen molar-refractivity contribution in [2.75, 3.05) is 52.7 Å². The quantitative estimate of drug-likeness (QED) is 0.0481. The van der Waals surface area contributed by atoms with Crippen molar-refractivity contribution in [1.82, 2.24) is 9.79 Å². The van der Waals surface area contributed by atoms with Crippen molar-refractivity contribution in [3.05, 3.63) is 142 Å². The largest absolute Gasteiger partial charge is 0.344 e. The third-order valence-electron chi connectivity index (χ3n) is 13.9. The molecule has 0 aromatic heterocycles. The first-order valence-corrected chi connectivity index (χ1v) is 26.5. The molecule has 0 bridgehead atoms. The average Bonchev–Trinajstić information content (AvgIpc) is 3.81. The number of imide groups is 1. The number of thioether (sulfide) groups is 1. The van der Waals surface area contributed by atoms with Crippen molar-refractivity contribution in [3.8, 4) is 0 Å². The lowest BCUT2D eigenvalue weighted by Crippen LogP contribution is -2.41. The van der Waals surface area contributed by atoms with Gasteiger partial charge in [0.25, 0.3) is 11.8 Å². The molecular formula is C56H67N5O6S2+2. The summed E-state index contributed by atoms with van der Waals surface area (Å²) < 4.78 is 32.7. The number of carbonyl (C=O) groups is 3. The number of likely N-dealkylation sites (N-methyl/N-ethyl adjacent to an activating group) is 1. The summed E-state index contributed by atoms with van der Waals surface area (Å²) in [6.07, 6.45) is 14.5. The van der Waals surface area contributed by atoms with Gasteiger partial charge in [-0.1, -0.05) is 92.7 Å². The van der Waals surface area contributed by atoms with Gasteiger partial charge >= 0.3 is 5.97 Å². The van der Waals surface area contributed by atoms with Crippen molar-refractivity contribution in [1.29, 1.82) is 0 Å². The van der Waals surface area contributed by atoms with E-state index in [1.54, 1.807) is 6.07 Å². The Morgan fingerprint density at radius 3 is 2.30 bits per heavy atom. The second-order valence-electron chi connectivity index (χ2n) is 20.7. The first kappa shape index (κ1) is 49.8. The minimum Gasteiger partial charge on any atom is -0.344 e. The van der Waals surface area contributed by atoms with Crippen LogP contribution in [0.15, 0.2) is 141 Å². The second kappa shape index (κ2) is 20.0. The Bertz CT molecular complexity index is 2940. The Hall–Kier alpha value is -5.60. The summed E-state index contributed by atoms with van der Waals surface area (Å²) in [5, 5.41) is 3.07. The van der Waals surface area contributed by atoms with Crippen LogP contribution in [0.1, 0.15) is 96.6 Å². The molecule has 11 nitrogen and oxygen atoms in total. The van der Waals surface area contributed by atoms with Crippen molar-refractivity contribution in [2.45, 2.75) is 106 Å². The number of hydrogen-bond acceptors (Lipinski definition) is 8. The molecule has 1 saturated heterocycles. The van der Waals surface area contributed by atoms with Gasteiger partial charge in [-0.05, 0) is 110 Å². The van der Waals surface area contributed by atoms with Gasteiger partial charge in [0.1, 0.15) is 7.05 Å².